The van der Waals surface area contributed by atoms with Gasteiger partial charge in [0, 0.05) is 5.56 Å². The highest BCUT2D eigenvalue weighted by atomic mass is 19.1. The van der Waals surface area contributed by atoms with Gasteiger partial charge in [0.25, 0.3) is 0 Å². The molecule has 0 spiro atoms. The Kier molecular flexibility index (Phi) is 3.00. The summed E-state index contributed by atoms with van der Waals surface area (Å²) in [6.07, 6.45) is 0.598. The number of halogens is 2. The number of aryl methyl sites for hydroxylation is 1. The second-order valence-corrected chi connectivity index (χ2v) is 3.81. The van der Waals surface area contributed by atoms with Crippen LogP contribution >= 0.6 is 0 Å². The van der Waals surface area contributed by atoms with Crippen LogP contribution in [0.5, 0.6) is 0 Å². The van der Waals surface area contributed by atoms with Gasteiger partial charge >= 0.3 is 0 Å². The van der Waals surface area contributed by atoms with E-state index in [4.69, 9.17) is 0 Å². The van der Waals surface area contributed by atoms with Crippen molar-refractivity contribution in [3.05, 3.63) is 59.2 Å². The molecule has 17 heavy (non-hydrogen) atoms. The Balaban J connectivity index is 2.63. The molecule has 0 atom stereocenters. The number of carbonyl (C=O) groups is 1. The second-order valence-electron chi connectivity index (χ2n) is 3.81. The minimum atomic E-state index is -0.462. The largest absolute Gasteiger partial charge is 0.298 e. The topological polar surface area (TPSA) is 17.1 Å². The van der Waals surface area contributed by atoms with Crippen molar-refractivity contribution in [3.8, 4) is 11.1 Å². The fraction of sp³-hybridized carbons (Fsp3) is 0.0714. The first-order chi connectivity index (χ1) is 8.11. The molecule has 2 aromatic rings. The predicted molar refractivity (Wildman–Crippen MR) is 61.9 cm³/mol. The SMILES string of the molecule is Cc1cc(F)ccc1-c1ccc(F)cc1C=O. The maximum atomic E-state index is 13.0. The van der Waals surface area contributed by atoms with Crippen LogP contribution in [0.3, 0.4) is 0 Å². The summed E-state index contributed by atoms with van der Waals surface area (Å²) >= 11 is 0. The average Bonchev–Trinajstić information content (AvgIpc) is 2.30. The molecule has 0 aromatic heterocycles. The molecule has 0 saturated carbocycles. The zero-order chi connectivity index (χ0) is 12.4. The van der Waals surface area contributed by atoms with Crippen molar-refractivity contribution < 1.29 is 13.6 Å². The van der Waals surface area contributed by atoms with E-state index in [-0.39, 0.29) is 11.4 Å². The molecule has 2 rings (SSSR count). The van der Waals surface area contributed by atoms with E-state index in [2.05, 4.69) is 0 Å². The average molecular weight is 232 g/mol. The third-order valence-electron chi connectivity index (χ3n) is 2.62. The van der Waals surface area contributed by atoms with Crippen molar-refractivity contribution in [1.82, 2.24) is 0 Å². The molecule has 3 heteroatoms. The van der Waals surface area contributed by atoms with E-state index in [1.165, 1.54) is 30.3 Å². The smallest absolute Gasteiger partial charge is 0.150 e. The molecule has 0 bridgehead atoms. The van der Waals surface area contributed by atoms with Crippen molar-refractivity contribution in [3.63, 3.8) is 0 Å². The van der Waals surface area contributed by atoms with E-state index in [1.54, 1.807) is 13.0 Å². The number of rotatable bonds is 2. The lowest BCUT2D eigenvalue weighted by molar-refractivity contribution is 0.112. The maximum absolute atomic E-state index is 13.0. The number of carbonyl (C=O) groups excluding carboxylic acids is 1. The molecule has 0 unspecified atom stereocenters. The van der Waals surface area contributed by atoms with Gasteiger partial charge in [-0.1, -0.05) is 12.1 Å². The van der Waals surface area contributed by atoms with Crippen LogP contribution in [0.25, 0.3) is 11.1 Å². The Morgan fingerprint density at radius 2 is 1.53 bits per heavy atom. The summed E-state index contributed by atoms with van der Waals surface area (Å²) in [6, 6.07) is 8.27. The van der Waals surface area contributed by atoms with Crippen LogP contribution in [0.15, 0.2) is 36.4 Å². The standard InChI is InChI=1S/C14H10F2O/c1-9-6-11(15)2-4-13(9)14-5-3-12(16)7-10(14)8-17/h2-8H,1H3. The summed E-state index contributed by atoms with van der Waals surface area (Å²) in [5.74, 6) is -0.795. The predicted octanol–water partition coefficient (Wildman–Crippen LogP) is 3.75. The minimum Gasteiger partial charge on any atom is -0.298 e. The first kappa shape index (κ1) is 11.5. The molecular weight excluding hydrogens is 222 g/mol. The van der Waals surface area contributed by atoms with Gasteiger partial charge in [0.05, 0.1) is 0 Å². The highest BCUT2D eigenvalue weighted by molar-refractivity contribution is 5.88. The van der Waals surface area contributed by atoms with E-state index in [9.17, 15) is 13.6 Å². The van der Waals surface area contributed by atoms with Gasteiger partial charge in [0.1, 0.15) is 11.6 Å². The van der Waals surface area contributed by atoms with Gasteiger partial charge in [0.2, 0.25) is 0 Å². The van der Waals surface area contributed by atoms with E-state index in [0.29, 0.717) is 17.4 Å². The van der Waals surface area contributed by atoms with Gasteiger partial charge in [-0.15, -0.1) is 0 Å². The molecule has 2 aromatic carbocycles. The first-order valence-electron chi connectivity index (χ1n) is 5.13. The molecule has 0 aliphatic heterocycles. The molecule has 0 radical (unpaired) electrons. The van der Waals surface area contributed by atoms with Gasteiger partial charge < -0.3 is 0 Å². The quantitative estimate of drug-likeness (QED) is 0.720. The molecule has 0 aliphatic rings. The lowest BCUT2D eigenvalue weighted by Gasteiger charge is -2.08. The molecule has 0 amide bonds. The number of benzene rings is 2. The zero-order valence-corrected chi connectivity index (χ0v) is 9.21. The summed E-state index contributed by atoms with van der Waals surface area (Å²) in [6.45, 7) is 1.75. The molecule has 86 valence electrons. The number of hydrogen-bond donors (Lipinski definition) is 0. The Labute approximate surface area is 97.7 Å². The first-order valence-corrected chi connectivity index (χ1v) is 5.13. The third kappa shape index (κ3) is 2.23. The zero-order valence-electron chi connectivity index (χ0n) is 9.21. The van der Waals surface area contributed by atoms with Gasteiger partial charge in [-0.2, -0.15) is 0 Å². The fourth-order valence-corrected chi connectivity index (χ4v) is 1.81. The van der Waals surface area contributed by atoms with Gasteiger partial charge in [0.15, 0.2) is 6.29 Å². The Bertz CT molecular complexity index is 576. The normalized spacial score (nSPS) is 10.3. The molecule has 1 nitrogen and oxygen atoms in total. The lowest BCUT2D eigenvalue weighted by atomic mass is 9.96. The molecule has 0 aliphatic carbocycles. The van der Waals surface area contributed by atoms with E-state index in [0.717, 1.165) is 5.56 Å². The van der Waals surface area contributed by atoms with Crippen molar-refractivity contribution in [2.45, 2.75) is 6.92 Å². The molecular formula is C14H10F2O. The molecule has 0 N–H and O–H groups in total. The van der Waals surface area contributed by atoms with E-state index in [1.807, 2.05) is 0 Å². The van der Waals surface area contributed by atoms with Crippen molar-refractivity contribution >= 4 is 6.29 Å². The summed E-state index contributed by atoms with van der Waals surface area (Å²) in [7, 11) is 0. The highest BCUT2D eigenvalue weighted by Gasteiger charge is 2.08. The minimum absolute atomic E-state index is 0.264. The third-order valence-corrected chi connectivity index (χ3v) is 2.62. The van der Waals surface area contributed by atoms with Gasteiger partial charge in [-0.25, -0.2) is 8.78 Å². The Morgan fingerprint density at radius 1 is 0.941 bits per heavy atom. The van der Waals surface area contributed by atoms with E-state index < -0.39 is 5.82 Å². The summed E-state index contributed by atoms with van der Waals surface area (Å²) in [5, 5.41) is 0. The van der Waals surface area contributed by atoms with Crippen molar-refractivity contribution in [2.24, 2.45) is 0 Å². The molecule has 0 saturated heterocycles. The summed E-state index contributed by atoms with van der Waals surface area (Å²) in [5.41, 5.74) is 2.31. The second kappa shape index (κ2) is 4.45. The fourth-order valence-electron chi connectivity index (χ4n) is 1.81. The maximum Gasteiger partial charge on any atom is 0.150 e. The monoisotopic (exact) mass is 232 g/mol. The van der Waals surface area contributed by atoms with Crippen molar-refractivity contribution in [1.29, 1.82) is 0 Å². The number of hydrogen-bond acceptors (Lipinski definition) is 1. The van der Waals surface area contributed by atoms with Gasteiger partial charge in [-0.05, 0) is 47.9 Å². The van der Waals surface area contributed by atoms with Crippen LogP contribution in [0.1, 0.15) is 15.9 Å². The number of aldehydes is 1. The van der Waals surface area contributed by atoms with Crippen LogP contribution in [-0.2, 0) is 0 Å². The van der Waals surface area contributed by atoms with E-state index >= 15 is 0 Å². The lowest BCUT2D eigenvalue weighted by Crippen LogP contribution is -1.92. The summed E-state index contributed by atoms with van der Waals surface area (Å²) in [4.78, 5) is 10.9. The Hall–Kier alpha value is -2.03. The van der Waals surface area contributed by atoms with Crippen LogP contribution in [-0.4, -0.2) is 6.29 Å². The van der Waals surface area contributed by atoms with Crippen LogP contribution in [0.4, 0.5) is 8.78 Å². The van der Waals surface area contributed by atoms with Crippen LogP contribution in [0.2, 0.25) is 0 Å². The van der Waals surface area contributed by atoms with Crippen LogP contribution < -0.4 is 0 Å². The highest BCUT2D eigenvalue weighted by Crippen LogP contribution is 2.27. The van der Waals surface area contributed by atoms with Crippen LogP contribution in [0, 0.1) is 18.6 Å². The summed E-state index contributed by atoms with van der Waals surface area (Å²) < 4.78 is 26.0. The Morgan fingerprint density at radius 3 is 2.12 bits per heavy atom. The van der Waals surface area contributed by atoms with Crippen molar-refractivity contribution in [2.75, 3.05) is 0 Å². The molecule has 0 fully saturated rings. The molecule has 0 heterocycles. The van der Waals surface area contributed by atoms with Gasteiger partial charge in [-0.3, -0.25) is 4.79 Å².